The molecule has 2 aromatic heterocycles. The number of hydrogen-bond donors (Lipinski definition) is 3. The second-order valence-electron chi connectivity index (χ2n) is 9.06. The van der Waals surface area contributed by atoms with Gasteiger partial charge >= 0.3 is 6.03 Å². The molecule has 2 aliphatic heterocycles. The Morgan fingerprint density at radius 2 is 1.95 bits per heavy atom. The van der Waals surface area contributed by atoms with Crippen molar-refractivity contribution in [2.24, 2.45) is 4.99 Å². The Bertz CT molecular complexity index is 1450. The highest BCUT2D eigenvalue weighted by Gasteiger charge is 2.53. The van der Waals surface area contributed by atoms with Gasteiger partial charge in [-0.1, -0.05) is 6.07 Å². The largest absolute Gasteiger partial charge is 0.497 e. The van der Waals surface area contributed by atoms with Gasteiger partial charge in [0.05, 0.1) is 19.3 Å². The number of urea groups is 1. The van der Waals surface area contributed by atoms with Crippen molar-refractivity contribution in [3.8, 4) is 5.75 Å². The smallest absolute Gasteiger partial charge is 0.322 e. The molecule has 38 heavy (non-hydrogen) atoms. The number of carbonyl (C=O) groups is 3. The number of benzene rings is 1. The van der Waals surface area contributed by atoms with Gasteiger partial charge in [0, 0.05) is 35.1 Å². The van der Waals surface area contributed by atoms with E-state index in [0.717, 1.165) is 28.2 Å². The molecular formula is C27H30N6O5. The number of carbonyl (C=O) groups excluding carboxylic acids is 3. The van der Waals surface area contributed by atoms with E-state index >= 15 is 0 Å². The van der Waals surface area contributed by atoms with Crippen molar-refractivity contribution in [2.75, 3.05) is 13.7 Å². The van der Waals surface area contributed by atoms with Gasteiger partial charge < -0.3 is 19.4 Å². The second-order valence-corrected chi connectivity index (χ2v) is 9.06. The van der Waals surface area contributed by atoms with E-state index in [4.69, 9.17) is 14.1 Å². The quantitative estimate of drug-likeness (QED) is 0.259. The molecule has 0 radical (unpaired) electrons. The summed E-state index contributed by atoms with van der Waals surface area (Å²) >= 11 is 0. The first-order chi connectivity index (χ1) is 18.1. The van der Waals surface area contributed by atoms with Gasteiger partial charge in [-0.3, -0.25) is 20.0 Å². The number of rotatable bonds is 6. The predicted octanol–water partition coefficient (Wildman–Crippen LogP) is 3.57. The van der Waals surface area contributed by atoms with Crippen LogP contribution in [-0.2, 0) is 16.9 Å². The van der Waals surface area contributed by atoms with Gasteiger partial charge in [-0.15, -0.1) is 13.2 Å². The molecule has 0 unspecified atom stereocenters. The molecule has 0 saturated carbocycles. The van der Waals surface area contributed by atoms with Gasteiger partial charge in [-0.2, -0.15) is 5.10 Å². The number of aromatic amines is 1. The Morgan fingerprint density at radius 3 is 2.55 bits per heavy atom. The molecule has 2 aliphatic rings. The maximum atomic E-state index is 13.2. The van der Waals surface area contributed by atoms with Crippen molar-refractivity contribution in [3.05, 3.63) is 77.0 Å². The predicted molar refractivity (Wildman–Crippen MR) is 141 cm³/mol. The number of nitrogens with one attached hydrogen (secondary N) is 3. The normalized spacial score (nSPS) is 18.6. The molecule has 1 aromatic carbocycles. The Morgan fingerprint density at radius 1 is 1.21 bits per heavy atom. The topological polar surface area (TPSA) is 142 Å². The number of furan rings is 1. The molecule has 3 aromatic rings. The zero-order valence-electron chi connectivity index (χ0n) is 22.0. The lowest BCUT2D eigenvalue weighted by Gasteiger charge is -2.29. The zero-order chi connectivity index (χ0) is 27.8. The van der Waals surface area contributed by atoms with Crippen molar-refractivity contribution in [1.29, 1.82) is 0 Å². The van der Waals surface area contributed by atoms with Gasteiger partial charge in [-0.05, 0) is 45.4 Å². The van der Waals surface area contributed by atoms with Gasteiger partial charge in [0.1, 0.15) is 23.0 Å². The van der Waals surface area contributed by atoms with Crippen LogP contribution in [0.25, 0.3) is 0 Å². The summed E-state index contributed by atoms with van der Waals surface area (Å²) in [5.41, 5.74) is 3.54. The lowest BCUT2D eigenvalue weighted by molar-refractivity contribution is -0.125. The van der Waals surface area contributed by atoms with E-state index in [-0.39, 0.29) is 24.8 Å². The number of hydrogen-bond acceptors (Lipinski definition) is 7. The molecule has 3 N–H and O–H groups in total. The Balaban J connectivity index is 0.00000164. The highest BCUT2D eigenvalue weighted by molar-refractivity contribution is 6.08. The summed E-state index contributed by atoms with van der Waals surface area (Å²) in [5.74, 6) is 0.360. The molecule has 4 heterocycles. The number of imide groups is 1. The van der Waals surface area contributed by atoms with Crippen molar-refractivity contribution >= 4 is 29.2 Å². The SMILES string of the molecule is C=C.COc1ccc2c(c1)C(=O)N(C[C@@]1(c3cc(N=C(C)c4c(C)n[nH]c4C)c(C)o3)NC(=O)NC1=O)C2. The number of amides is 4. The summed E-state index contributed by atoms with van der Waals surface area (Å²) in [5, 5.41) is 12.1. The van der Waals surface area contributed by atoms with Crippen LogP contribution in [0.3, 0.4) is 0 Å². The van der Waals surface area contributed by atoms with E-state index in [0.29, 0.717) is 22.8 Å². The number of aryl methyl sites for hydroxylation is 3. The number of methoxy groups -OCH3 is 1. The van der Waals surface area contributed by atoms with Crippen LogP contribution in [0.5, 0.6) is 5.75 Å². The Kier molecular flexibility index (Phi) is 6.95. The third-order valence-corrected chi connectivity index (χ3v) is 6.66. The maximum absolute atomic E-state index is 13.2. The minimum Gasteiger partial charge on any atom is -0.497 e. The van der Waals surface area contributed by atoms with Gasteiger partial charge in [0.25, 0.3) is 11.8 Å². The van der Waals surface area contributed by atoms with Crippen LogP contribution >= 0.6 is 0 Å². The molecule has 11 heteroatoms. The van der Waals surface area contributed by atoms with E-state index in [1.807, 2.05) is 26.8 Å². The summed E-state index contributed by atoms with van der Waals surface area (Å²) in [7, 11) is 1.53. The average Bonchev–Trinajstić information content (AvgIpc) is 3.60. The van der Waals surface area contributed by atoms with E-state index < -0.39 is 17.5 Å². The summed E-state index contributed by atoms with van der Waals surface area (Å²) in [6, 6.07) is 6.24. The molecule has 4 amide bonds. The van der Waals surface area contributed by atoms with Crippen LogP contribution in [0.15, 0.2) is 46.8 Å². The van der Waals surface area contributed by atoms with Crippen molar-refractivity contribution in [2.45, 2.75) is 39.8 Å². The fourth-order valence-corrected chi connectivity index (χ4v) is 4.85. The maximum Gasteiger partial charge on any atom is 0.322 e. The Labute approximate surface area is 220 Å². The molecule has 0 spiro atoms. The average molecular weight is 519 g/mol. The fraction of sp³-hybridized carbons (Fsp3) is 0.296. The van der Waals surface area contributed by atoms with E-state index in [2.05, 4.69) is 34.0 Å². The summed E-state index contributed by atoms with van der Waals surface area (Å²) < 4.78 is 11.2. The molecule has 198 valence electrons. The van der Waals surface area contributed by atoms with Crippen molar-refractivity contribution in [1.82, 2.24) is 25.7 Å². The van der Waals surface area contributed by atoms with Crippen molar-refractivity contribution in [3.63, 3.8) is 0 Å². The number of fused-ring (bicyclic) bond motifs is 1. The molecule has 0 aliphatic carbocycles. The minimum atomic E-state index is -1.60. The lowest BCUT2D eigenvalue weighted by Crippen LogP contribution is -2.52. The van der Waals surface area contributed by atoms with E-state index in [1.165, 1.54) is 12.0 Å². The minimum absolute atomic E-state index is 0.116. The molecular weight excluding hydrogens is 488 g/mol. The summed E-state index contributed by atoms with van der Waals surface area (Å²) in [6.45, 7) is 13.6. The zero-order valence-corrected chi connectivity index (χ0v) is 22.0. The van der Waals surface area contributed by atoms with Crippen LogP contribution in [0.4, 0.5) is 10.5 Å². The number of ether oxygens (including phenoxy) is 1. The fourth-order valence-electron chi connectivity index (χ4n) is 4.85. The van der Waals surface area contributed by atoms with Gasteiger partial charge in [0.2, 0.25) is 0 Å². The third kappa shape index (κ3) is 4.36. The molecule has 0 bridgehead atoms. The van der Waals surface area contributed by atoms with Gasteiger partial charge in [0.15, 0.2) is 5.54 Å². The third-order valence-electron chi connectivity index (χ3n) is 6.66. The molecule has 11 nitrogen and oxygen atoms in total. The number of aromatic nitrogens is 2. The second kappa shape index (κ2) is 10.0. The van der Waals surface area contributed by atoms with Crippen LogP contribution in [0, 0.1) is 20.8 Å². The first kappa shape index (κ1) is 26.4. The van der Waals surface area contributed by atoms with E-state index in [1.54, 1.807) is 25.1 Å². The van der Waals surface area contributed by atoms with E-state index in [9.17, 15) is 14.4 Å². The molecule has 1 atom stereocenters. The lowest BCUT2D eigenvalue weighted by atomic mass is 9.95. The van der Waals surface area contributed by atoms with Crippen LogP contribution in [-0.4, -0.2) is 52.3 Å². The summed E-state index contributed by atoms with van der Waals surface area (Å²) in [6.07, 6.45) is 0. The van der Waals surface area contributed by atoms with Crippen LogP contribution < -0.4 is 15.4 Å². The van der Waals surface area contributed by atoms with Crippen LogP contribution in [0.1, 0.15) is 51.3 Å². The molecule has 1 saturated heterocycles. The number of aliphatic imine (C=N–C) groups is 1. The number of nitrogens with zero attached hydrogens (tertiary/aromatic N) is 3. The first-order valence-electron chi connectivity index (χ1n) is 11.9. The molecule has 5 rings (SSSR count). The monoisotopic (exact) mass is 518 g/mol. The van der Waals surface area contributed by atoms with Gasteiger partial charge in [-0.25, -0.2) is 9.79 Å². The molecule has 1 fully saturated rings. The standard InChI is InChI=1S/C25H26N6O5.C2H4/c1-12(21-13(2)29-30-14(21)3)26-19-9-20(36-15(19)4)25(23(33)27-24(34)28-25)11-31-10-16-6-7-17(35-5)8-18(16)22(31)32;1-2/h6-9H,10-11H2,1-5H3,(H,29,30)(H2,27,28,33,34);1-2H2/t25-;/m0./s1. The van der Waals surface area contributed by atoms with Crippen LogP contribution in [0.2, 0.25) is 0 Å². The highest BCUT2D eigenvalue weighted by Crippen LogP contribution is 2.36. The number of H-pyrrole nitrogens is 1. The highest BCUT2D eigenvalue weighted by atomic mass is 16.5. The van der Waals surface area contributed by atoms with Crippen molar-refractivity contribution < 1.29 is 23.5 Å². The summed E-state index contributed by atoms with van der Waals surface area (Å²) in [4.78, 5) is 44.8. The Hall–Kier alpha value is -4.67. The first-order valence-corrected chi connectivity index (χ1v) is 11.9.